The summed E-state index contributed by atoms with van der Waals surface area (Å²) >= 11 is 0. The van der Waals surface area contributed by atoms with Crippen LogP contribution in [0.5, 0.6) is 0 Å². The fourth-order valence-electron chi connectivity index (χ4n) is 1.75. The molecular weight excluding hydrogens is 158 g/mol. The van der Waals surface area contributed by atoms with Crippen molar-refractivity contribution in [2.24, 2.45) is 0 Å². The Kier molecular flexibility index (Phi) is 3.06. The summed E-state index contributed by atoms with van der Waals surface area (Å²) < 4.78 is 0. The van der Waals surface area contributed by atoms with Crippen molar-refractivity contribution in [3.05, 3.63) is 0 Å². The van der Waals surface area contributed by atoms with Crippen molar-refractivity contribution >= 4 is 0 Å². The van der Waals surface area contributed by atoms with E-state index in [-0.39, 0.29) is 25.6 Å². The predicted octanol–water partition coefficient (Wildman–Crippen LogP) is -0.856. The van der Waals surface area contributed by atoms with Crippen molar-refractivity contribution in [3.8, 4) is 0 Å². The fourth-order valence-corrected chi connectivity index (χ4v) is 1.75. The maximum absolute atomic E-state index is 9.30. The molecule has 1 atom stereocenters. The number of likely N-dealkylation sites (tertiary alicyclic amines) is 1. The van der Waals surface area contributed by atoms with Crippen LogP contribution in [0.4, 0.5) is 0 Å². The van der Waals surface area contributed by atoms with Gasteiger partial charge in [0.15, 0.2) is 5.79 Å². The van der Waals surface area contributed by atoms with Crippen molar-refractivity contribution in [2.75, 3.05) is 19.7 Å². The van der Waals surface area contributed by atoms with Crippen LogP contribution < -0.4 is 0 Å². The lowest BCUT2D eigenvalue weighted by Crippen LogP contribution is -2.35. The molecule has 1 aliphatic rings. The van der Waals surface area contributed by atoms with E-state index in [1.54, 1.807) is 0 Å². The zero-order valence-corrected chi connectivity index (χ0v) is 7.40. The van der Waals surface area contributed by atoms with Crippen molar-refractivity contribution in [1.82, 2.24) is 4.90 Å². The first-order valence-corrected chi connectivity index (χ1v) is 4.38. The Morgan fingerprint density at radius 3 is 2.67 bits per heavy atom. The molecule has 1 fully saturated rings. The van der Waals surface area contributed by atoms with E-state index in [2.05, 4.69) is 0 Å². The van der Waals surface area contributed by atoms with Gasteiger partial charge in [-0.25, -0.2) is 0 Å². The molecule has 4 heteroatoms. The van der Waals surface area contributed by atoms with Gasteiger partial charge in [-0.3, -0.25) is 4.90 Å². The second-order valence-electron chi connectivity index (χ2n) is 3.49. The minimum atomic E-state index is -1.59. The third-order valence-corrected chi connectivity index (χ3v) is 2.26. The van der Waals surface area contributed by atoms with Crippen molar-refractivity contribution in [3.63, 3.8) is 0 Å². The summed E-state index contributed by atoms with van der Waals surface area (Å²) in [7, 11) is 0. The summed E-state index contributed by atoms with van der Waals surface area (Å²) in [4.78, 5) is 1.92. The monoisotopic (exact) mass is 175 g/mol. The molecule has 1 aliphatic heterocycles. The van der Waals surface area contributed by atoms with E-state index >= 15 is 0 Å². The van der Waals surface area contributed by atoms with E-state index in [4.69, 9.17) is 5.11 Å². The first-order valence-electron chi connectivity index (χ1n) is 4.38. The second kappa shape index (κ2) is 3.70. The molecule has 3 N–H and O–H groups in total. The summed E-state index contributed by atoms with van der Waals surface area (Å²) in [6.45, 7) is 3.10. The van der Waals surface area contributed by atoms with Gasteiger partial charge in [-0.05, 0) is 13.0 Å². The zero-order chi connectivity index (χ0) is 9.19. The highest BCUT2D eigenvalue weighted by atomic mass is 16.5. The average Bonchev–Trinajstić information content (AvgIpc) is 2.26. The van der Waals surface area contributed by atoms with Crippen molar-refractivity contribution in [2.45, 2.75) is 31.6 Å². The van der Waals surface area contributed by atoms with Crippen LogP contribution in [0.2, 0.25) is 0 Å². The first-order chi connectivity index (χ1) is 5.59. The molecule has 0 bridgehead atoms. The maximum Gasteiger partial charge on any atom is 0.177 e. The smallest absolute Gasteiger partial charge is 0.177 e. The van der Waals surface area contributed by atoms with E-state index in [1.807, 2.05) is 11.8 Å². The van der Waals surface area contributed by atoms with Gasteiger partial charge in [0.25, 0.3) is 0 Å². The Hall–Kier alpha value is -0.160. The lowest BCUT2D eigenvalue weighted by molar-refractivity contribution is -0.148. The summed E-state index contributed by atoms with van der Waals surface area (Å²) in [5.74, 6) is -1.59. The van der Waals surface area contributed by atoms with E-state index < -0.39 is 5.79 Å². The van der Waals surface area contributed by atoms with Crippen LogP contribution in [0.15, 0.2) is 0 Å². The standard InChI is InChI=1S/C8H17NO3/c1-2-3-9-6-8(11,12)4-7(9)5-10/h7,10-12H,2-6H2,1H3. The zero-order valence-electron chi connectivity index (χ0n) is 7.40. The topological polar surface area (TPSA) is 63.9 Å². The number of β-amino-alcohol motifs (C(OH)–C–C–N with tert-alkyl or cyclic N) is 2. The molecule has 72 valence electrons. The molecule has 0 aliphatic carbocycles. The molecule has 0 aromatic heterocycles. The highest BCUT2D eigenvalue weighted by Gasteiger charge is 2.40. The van der Waals surface area contributed by atoms with Crippen LogP contribution in [-0.4, -0.2) is 51.7 Å². The van der Waals surface area contributed by atoms with Crippen LogP contribution in [-0.2, 0) is 0 Å². The largest absolute Gasteiger partial charge is 0.395 e. The summed E-state index contributed by atoms with van der Waals surface area (Å²) in [5, 5.41) is 27.5. The lowest BCUT2D eigenvalue weighted by Gasteiger charge is -2.20. The Balaban J connectivity index is 2.50. The van der Waals surface area contributed by atoms with Crippen LogP contribution in [0.1, 0.15) is 19.8 Å². The number of nitrogens with zero attached hydrogens (tertiary/aromatic N) is 1. The van der Waals surface area contributed by atoms with Gasteiger partial charge in [-0.2, -0.15) is 0 Å². The molecule has 4 nitrogen and oxygen atoms in total. The lowest BCUT2D eigenvalue weighted by atomic mass is 10.2. The number of hydrogen-bond donors (Lipinski definition) is 3. The van der Waals surface area contributed by atoms with Gasteiger partial charge in [0, 0.05) is 12.5 Å². The maximum atomic E-state index is 9.30. The Bertz CT molecular complexity index is 149. The van der Waals surface area contributed by atoms with Crippen LogP contribution in [0.3, 0.4) is 0 Å². The van der Waals surface area contributed by atoms with Crippen LogP contribution >= 0.6 is 0 Å². The molecule has 1 unspecified atom stereocenters. The Morgan fingerprint density at radius 2 is 2.17 bits per heavy atom. The summed E-state index contributed by atoms with van der Waals surface area (Å²) in [5.41, 5.74) is 0. The Labute approximate surface area is 72.4 Å². The molecule has 1 saturated heterocycles. The van der Waals surface area contributed by atoms with E-state index in [9.17, 15) is 10.2 Å². The van der Waals surface area contributed by atoms with Crippen molar-refractivity contribution < 1.29 is 15.3 Å². The summed E-state index contributed by atoms with van der Waals surface area (Å²) in [6.07, 6.45) is 1.22. The number of aliphatic hydroxyl groups excluding tert-OH is 1. The molecule has 0 spiro atoms. The highest BCUT2D eigenvalue weighted by molar-refractivity contribution is 4.88. The van der Waals surface area contributed by atoms with E-state index in [1.165, 1.54) is 0 Å². The minimum Gasteiger partial charge on any atom is -0.395 e. The van der Waals surface area contributed by atoms with E-state index in [0.29, 0.717) is 0 Å². The van der Waals surface area contributed by atoms with Gasteiger partial charge >= 0.3 is 0 Å². The predicted molar refractivity (Wildman–Crippen MR) is 44.5 cm³/mol. The Morgan fingerprint density at radius 1 is 1.50 bits per heavy atom. The molecule has 1 rings (SSSR count). The average molecular weight is 175 g/mol. The van der Waals surface area contributed by atoms with Gasteiger partial charge < -0.3 is 15.3 Å². The molecule has 0 amide bonds. The summed E-state index contributed by atoms with van der Waals surface area (Å²) in [6, 6.07) is -0.0834. The quantitative estimate of drug-likeness (QED) is 0.489. The van der Waals surface area contributed by atoms with Gasteiger partial charge in [0.05, 0.1) is 13.2 Å². The number of hydrogen-bond acceptors (Lipinski definition) is 4. The SMILES string of the molecule is CCCN1CC(O)(O)CC1CO. The third kappa shape index (κ3) is 2.17. The highest BCUT2D eigenvalue weighted by Crippen LogP contribution is 2.24. The molecule has 0 saturated carbocycles. The van der Waals surface area contributed by atoms with Gasteiger partial charge in [0.1, 0.15) is 0 Å². The van der Waals surface area contributed by atoms with Crippen LogP contribution in [0.25, 0.3) is 0 Å². The molecule has 0 aromatic carbocycles. The fraction of sp³-hybridized carbons (Fsp3) is 1.00. The molecular formula is C8H17NO3. The van der Waals surface area contributed by atoms with Crippen molar-refractivity contribution in [1.29, 1.82) is 0 Å². The number of rotatable bonds is 3. The molecule has 1 heterocycles. The number of aliphatic hydroxyl groups is 3. The second-order valence-corrected chi connectivity index (χ2v) is 3.49. The molecule has 12 heavy (non-hydrogen) atoms. The third-order valence-electron chi connectivity index (χ3n) is 2.26. The van der Waals surface area contributed by atoms with Crippen LogP contribution in [0, 0.1) is 0 Å². The van der Waals surface area contributed by atoms with E-state index in [0.717, 1.165) is 13.0 Å². The van der Waals surface area contributed by atoms with Gasteiger partial charge in [-0.1, -0.05) is 6.92 Å². The first kappa shape index (κ1) is 9.92. The normalized spacial score (nSPS) is 29.5. The molecule has 0 radical (unpaired) electrons. The molecule has 0 aromatic rings. The van der Waals surface area contributed by atoms with Gasteiger partial charge in [0.2, 0.25) is 0 Å². The minimum absolute atomic E-state index is 0.00285. The van der Waals surface area contributed by atoms with Gasteiger partial charge in [-0.15, -0.1) is 0 Å².